The van der Waals surface area contributed by atoms with Gasteiger partial charge in [0, 0.05) is 4.88 Å². The Kier molecular flexibility index (Phi) is 5.05. The minimum Gasteiger partial charge on any atom is -0.480 e. The standard InChI is InChI=1S/C12H15NO5S/c1-3-8-7(2)4-9(19-8)12(18)13(5-10(14)15)6-11(16)17/h4H,3,5-6H2,1-2H3,(H,14,15)(H,16,17). The molecule has 1 amide bonds. The van der Waals surface area contributed by atoms with Crippen molar-refractivity contribution in [2.45, 2.75) is 20.3 Å². The Balaban J connectivity index is 2.96. The number of carboxylic acid groups (broad SMARTS) is 2. The number of amides is 1. The van der Waals surface area contributed by atoms with E-state index >= 15 is 0 Å². The molecule has 0 saturated carbocycles. The summed E-state index contributed by atoms with van der Waals surface area (Å²) in [5.41, 5.74) is 0.960. The van der Waals surface area contributed by atoms with Crippen LogP contribution in [0.1, 0.15) is 27.0 Å². The van der Waals surface area contributed by atoms with Crippen LogP contribution in [0.25, 0.3) is 0 Å². The van der Waals surface area contributed by atoms with Gasteiger partial charge >= 0.3 is 11.9 Å². The van der Waals surface area contributed by atoms with Gasteiger partial charge in [-0.1, -0.05) is 6.92 Å². The highest BCUT2D eigenvalue weighted by molar-refractivity contribution is 7.14. The summed E-state index contributed by atoms with van der Waals surface area (Å²) >= 11 is 1.27. The van der Waals surface area contributed by atoms with E-state index in [9.17, 15) is 14.4 Å². The molecule has 0 unspecified atom stereocenters. The Bertz CT molecular complexity index is 492. The molecule has 0 fully saturated rings. The maximum absolute atomic E-state index is 12.1. The zero-order chi connectivity index (χ0) is 14.6. The smallest absolute Gasteiger partial charge is 0.323 e. The van der Waals surface area contributed by atoms with Gasteiger partial charge in [0.05, 0.1) is 4.88 Å². The Morgan fingerprint density at radius 3 is 2.11 bits per heavy atom. The van der Waals surface area contributed by atoms with Crippen LogP contribution in [-0.2, 0) is 16.0 Å². The summed E-state index contributed by atoms with van der Waals surface area (Å²) in [5, 5.41) is 17.4. The van der Waals surface area contributed by atoms with Crippen molar-refractivity contribution in [3.05, 3.63) is 21.4 Å². The second-order valence-corrected chi connectivity index (χ2v) is 5.16. The minimum absolute atomic E-state index is 0.372. The number of carbonyl (C=O) groups is 3. The van der Waals surface area contributed by atoms with E-state index in [4.69, 9.17) is 10.2 Å². The highest BCUT2D eigenvalue weighted by atomic mass is 32.1. The predicted molar refractivity (Wildman–Crippen MR) is 69.6 cm³/mol. The number of aliphatic carboxylic acids is 2. The number of hydrogen-bond acceptors (Lipinski definition) is 4. The summed E-state index contributed by atoms with van der Waals surface area (Å²) in [6.07, 6.45) is 0.779. The number of hydrogen-bond donors (Lipinski definition) is 2. The van der Waals surface area contributed by atoms with Crippen LogP contribution < -0.4 is 0 Å². The van der Waals surface area contributed by atoms with E-state index in [0.29, 0.717) is 4.88 Å². The van der Waals surface area contributed by atoms with E-state index < -0.39 is 30.9 Å². The molecule has 1 heterocycles. The van der Waals surface area contributed by atoms with Crippen LogP contribution in [-0.4, -0.2) is 46.0 Å². The first-order valence-electron chi connectivity index (χ1n) is 5.67. The second-order valence-electron chi connectivity index (χ2n) is 4.02. The lowest BCUT2D eigenvalue weighted by Crippen LogP contribution is -2.39. The van der Waals surface area contributed by atoms with Gasteiger partial charge in [-0.3, -0.25) is 14.4 Å². The van der Waals surface area contributed by atoms with Gasteiger partial charge in [0.15, 0.2) is 0 Å². The fraction of sp³-hybridized carbons (Fsp3) is 0.417. The number of nitrogens with zero attached hydrogens (tertiary/aromatic N) is 1. The van der Waals surface area contributed by atoms with Crippen molar-refractivity contribution in [2.75, 3.05) is 13.1 Å². The van der Waals surface area contributed by atoms with Gasteiger partial charge in [-0.05, 0) is 25.0 Å². The molecular weight excluding hydrogens is 270 g/mol. The van der Waals surface area contributed by atoms with Crippen molar-refractivity contribution in [3.8, 4) is 0 Å². The number of carbonyl (C=O) groups excluding carboxylic acids is 1. The Morgan fingerprint density at radius 2 is 1.74 bits per heavy atom. The van der Waals surface area contributed by atoms with Crippen LogP contribution in [0.5, 0.6) is 0 Å². The zero-order valence-corrected chi connectivity index (χ0v) is 11.5. The maximum atomic E-state index is 12.1. The molecular formula is C12H15NO5S. The van der Waals surface area contributed by atoms with Crippen LogP contribution in [0.15, 0.2) is 6.07 Å². The van der Waals surface area contributed by atoms with E-state index in [1.807, 2.05) is 13.8 Å². The van der Waals surface area contributed by atoms with Gasteiger partial charge in [-0.15, -0.1) is 11.3 Å². The molecule has 0 aliphatic heterocycles. The second kappa shape index (κ2) is 6.33. The Labute approximate surface area is 114 Å². The Morgan fingerprint density at radius 1 is 1.21 bits per heavy atom. The van der Waals surface area contributed by atoms with Gasteiger partial charge in [-0.25, -0.2) is 0 Å². The van der Waals surface area contributed by atoms with Crippen molar-refractivity contribution in [2.24, 2.45) is 0 Å². The van der Waals surface area contributed by atoms with E-state index in [2.05, 4.69) is 0 Å². The number of thiophene rings is 1. The monoisotopic (exact) mass is 285 g/mol. The van der Waals surface area contributed by atoms with Gasteiger partial charge in [0.25, 0.3) is 5.91 Å². The third kappa shape index (κ3) is 4.06. The normalized spacial score (nSPS) is 10.2. The molecule has 0 atom stereocenters. The topological polar surface area (TPSA) is 94.9 Å². The highest BCUT2D eigenvalue weighted by Crippen LogP contribution is 2.23. The van der Waals surface area contributed by atoms with Crippen molar-refractivity contribution in [3.63, 3.8) is 0 Å². The van der Waals surface area contributed by atoms with Crippen LogP contribution in [0, 0.1) is 6.92 Å². The molecule has 1 aromatic heterocycles. The van der Waals surface area contributed by atoms with Gasteiger partial charge in [0.1, 0.15) is 13.1 Å². The van der Waals surface area contributed by atoms with Crippen LogP contribution >= 0.6 is 11.3 Å². The highest BCUT2D eigenvalue weighted by Gasteiger charge is 2.23. The molecule has 2 N–H and O–H groups in total. The van der Waals surface area contributed by atoms with Crippen molar-refractivity contribution >= 4 is 29.2 Å². The summed E-state index contributed by atoms with van der Waals surface area (Å²) < 4.78 is 0. The lowest BCUT2D eigenvalue weighted by molar-refractivity contribution is -0.140. The molecule has 1 aromatic rings. The van der Waals surface area contributed by atoms with Gasteiger partial charge in [-0.2, -0.15) is 0 Å². The molecule has 1 rings (SSSR count). The third-order valence-electron chi connectivity index (χ3n) is 2.49. The van der Waals surface area contributed by atoms with E-state index in [-0.39, 0.29) is 0 Å². The Hall–Kier alpha value is -1.89. The van der Waals surface area contributed by atoms with Crippen LogP contribution in [0.4, 0.5) is 0 Å². The average molecular weight is 285 g/mol. The van der Waals surface area contributed by atoms with Crippen molar-refractivity contribution in [1.29, 1.82) is 0 Å². The molecule has 19 heavy (non-hydrogen) atoms. The SMILES string of the molecule is CCc1sc(C(=O)N(CC(=O)O)CC(=O)O)cc1C. The minimum atomic E-state index is -1.24. The molecule has 0 radical (unpaired) electrons. The zero-order valence-electron chi connectivity index (χ0n) is 10.7. The van der Waals surface area contributed by atoms with Crippen molar-refractivity contribution in [1.82, 2.24) is 4.90 Å². The van der Waals surface area contributed by atoms with Gasteiger partial charge < -0.3 is 15.1 Å². The predicted octanol–water partition coefficient (Wildman–Crippen LogP) is 1.23. The molecule has 7 heteroatoms. The van der Waals surface area contributed by atoms with Crippen LogP contribution in [0.2, 0.25) is 0 Å². The fourth-order valence-electron chi connectivity index (χ4n) is 1.66. The first-order valence-corrected chi connectivity index (χ1v) is 6.49. The molecule has 0 bridgehead atoms. The first kappa shape index (κ1) is 15.2. The van der Waals surface area contributed by atoms with E-state index in [0.717, 1.165) is 21.8 Å². The largest absolute Gasteiger partial charge is 0.480 e. The molecule has 6 nitrogen and oxygen atoms in total. The summed E-state index contributed by atoms with van der Waals surface area (Å²) in [6.45, 7) is 2.58. The molecule has 0 aliphatic carbocycles. The van der Waals surface area contributed by atoms with E-state index in [1.54, 1.807) is 6.07 Å². The summed E-state index contributed by atoms with van der Waals surface area (Å²) in [4.78, 5) is 35.7. The average Bonchev–Trinajstić information content (AvgIpc) is 2.67. The first-order chi connectivity index (χ1) is 8.85. The lowest BCUT2D eigenvalue weighted by Gasteiger charge is -2.17. The van der Waals surface area contributed by atoms with Gasteiger partial charge in [0.2, 0.25) is 0 Å². The third-order valence-corrected chi connectivity index (χ3v) is 3.86. The fourth-order valence-corrected chi connectivity index (χ4v) is 2.74. The number of rotatable bonds is 6. The maximum Gasteiger partial charge on any atom is 0.323 e. The number of carboxylic acids is 2. The number of aryl methyl sites for hydroxylation is 2. The molecule has 0 saturated heterocycles. The van der Waals surface area contributed by atoms with E-state index in [1.165, 1.54) is 11.3 Å². The molecule has 0 spiro atoms. The summed E-state index contributed by atoms with van der Waals surface area (Å²) in [5.74, 6) is -3.03. The summed E-state index contributed by atoms with van der Waals surface area (Å²) in [6, 6.07) is 1.67. The van der Waals surface area contributed by atoms with Crippen LogP contribution in [0.3, 0.4) is 0 Å². The summed E-state index contributed by atoms with van der Waals surface area (Å²) in [7, 11) is 0. The van der Waals surface area contributed by atoms with Crippen molar-refractivity contribution < 1.29 is 24.6 Å². The molecule has 0 aliphatic rings. The quantitative estimate of drug-likeness (QED) is 0.819. The lowest BCUT2D eigenvalue weighted by atomic mass is 10.2. The molecule has 104 valence electrons. The molecule has 0 aromatic carbocycles.